The molecule has 0 heterocycles. The van der Waals surface area contributed by atoms with Crippen molar-refractivity contribution in [1.29, 1.82) is 5.26 Å². The van der Waals surface area contributed by atoms with Crippen molar-refractivity contribution in [3.05, 3.63) is 23.3 Å². The Morgan fingerprint density at radius 3 is 2.38 bits per heavy atom. The van der Waals surface area contributed by atoms with Crippen molar-refractivity contribution >= 4 is 17.7 Å². The molecule has 3 fully saturated rings. The summed E-state index contributed by atoms with van der Waals surface area (Å²) in [5.74, 6) is 0.130. The van der Waals surface area contributed by atoms with E-state index in [1.807, 2.05) is 32.9 Å². The number of hydrogen-bond donors (Lipinski definition) is 1. The van der Waals surface area contributed by atoms with Gasteiger partial charge in [-0.25, -0.2) is 4.79 Å². The molecule has 0 saturated heterocycles. The molecule has 1 amide bonds. The van der Waals surface area contributed by atoms with Gasteiger partial charge >= 0.3 is 6.09 Å². The van der Waals surface area contributed by atoms with Gasteiger partial charge in [0.1, 0.15) is 6.07 Å². The van der Waals surface area contributed by atoms with E-state index < -0.39 is 10.8 Å². The van der Waals surface area contributed by atoms with E-state index in [9.17, 15) is 19.6 Å². The molecule has 218 valence electrons. The third-order valence-corrected chi connectivity index (χ3v) is 12.9. The summed E-state index contributed by atoms with van der Waals surface area (Å²) < 4.78 is 5.83. The molecule has 0 bridgehead atoms. The summed E-state index contributed by atoms with van der Waals surface area (Å²) in [7, 11) is 0. The van der Waals surface area contributed by atoms with Crippen molar-refractivity contribution < 1.29 is 19.1 Å². The molecule has 0 aliphatic heterocycles. The summed E-state index contributed by atoms with van der Waals surface area (Å²) in [4.78, 5) is 40.1. The van der Waals surface area contributed by atoms with Gasteiger partial charge in [0.05, 0.1) is 12.2 Å². The van der Waals surface area contributed by atoms with Crippen LogP contribution in [0.2, 0.25) is 0 Å². The maximum Gasteiger partial charge on any atom is 0.407 e. The van der Waals surface area contributed by atoms with Gasteiger partial charge in [0.25, 0.3) is 0 Å². The quantitative estimate of drug-likeness (QED) is 0.412. The fourth-order valence-corrected chi connectivity index (χ4v) is 10.4. The number of rotatable bonds is 3. The molecule has 0 radical (unpaired) electrons. The molecule has 0 aromatic heterocycles. The SMILES string of the molecule is CCNC(=O)OC[C@]12CCC(C)(C)CC1C1C(=O)C=C3[C@@]4(C)C=C(C#N)C(=O)C(C)(C)[C@@H]4CC[C@@]3(C)[C@]1(C)CC2. The number of nitrogens with zero attached hydrogens (tertiary/aromatic N) is 1. The van der Waals surface area contributed by atoms with Crippen molar-refractivity contribution in [2.75, 3.05) is 13.2 Å². The van der Waals surface area contributed by atoms with Crippen LogP contribution in [0.25, 0.3) is 0 Å². The summed E-state index contributed by atoms with van der Waals surface area (Å²) in [6, 6.07) is 2.19. The van der Waals surface area contributed by atoms with Crippen LogP contribution in [0.3, 0.4) is 0 Å². The number of alkyl carbamates (subject to hydrolysis) is 1. The second kappa shape index (κ2) is 9.04. The number of carbonyl (C=O) groups is 3. The molecule has 5 aliphatic rings. The van der Waals surface area contributed by atoms with Crippen LogP contribution in [0.15, 0.2) is 23.3 Å². The van der Waals surface area contributed by atoms with Crippen LogP contribution in [0.1, 0.15) is 100 Å². The van der Waals surface area contributed by atoms with Gasteiger partial charge in [-0.3, -0.25) is 9.59 Å². The van der Waals surface area contributed by atoms with Crippen LogP contribution in [-0.4, -0.2) is 30.8 Å². The van der Waals surface area contributed by atoms with Crippen LogP contribution in [0.4, 0.5) is 4.79 Å². The van der Waals surface area contributed by atoms with Gasteiger partial charge in [-0.1, -0.05) is 60.1 Å². The van der Waals surface area contributed by atoms with E-state index in [0.717, 1.165) is 50.5 Å². The fourth-order valence-electron chi connectivity index (χ4n) is 10.4. The maximum absolute atomic E-state index is 14.5. The Morgan fingerprint density at radius 1 is 1.05 bits per heavy atom. The standard InChI is InChI=1S/C34H48N2O4/c1-9-36-28(39)40-20-34-14-12-29(2,3)18-22(34)26-23(37)16-25-31(6)17-21(19-35)27(38)30(4,5)24(31)10-11-32(25,7)33(26,8)13-15-34/h16-17,22,24,26H,9-15,18,20H2,1-8H3,(H,36,39)/t22?,24-,26?,31-,32+,33+,34+/m0/s1. The minimum Gasteiger partial charge on any atom is -0.449 e. The molecule has 0 spiro atoms. The van der Waals surface area contributed by atoms with Crippen LogP contribution >= 0.6 is 0 Å². The summed E-state index contributed by atoms with van der Waals surface area (Å²) in [6.07, 6.45) is 10.1. The Morgan fingerprint density at radius 2 is 1.73 bits per heavy atom. The van der Waals surface area contributed by atoms with Gasteiger partial charge in [-0.2, -0.15) is 5.26 Å². The topological polar surface area (TPSA) is 96.3 Å². The van der Waals surface area contributed by atoms with E-state index in [2.05, 4.69) is 46.0 Å². The second-order valence-electron chi connectivity index (χ2n) is 15.7. The van der Waals surface area contributed by atoms with E-state index in [1.54, 1.807) is 0 Å². The number of hydrogen-bond acceptors (Lipinski definition) is 5. The molecule has 0 aromatic carbocycles. The van der Waals surface area contributed by atoms with Gasteiger partial charge in [0.2, 0.25) is 0 Å². The first-order valence-corrected chi connectivity index (χ1v) is 15.4. The van der Waals surface area contributed by atoms with Gasteiger partial charge in [0.15, 0.2) is 11.6 Å². The van der Waals surface area contributed by atoms with Crippen LogP contribution in [0, 0.1) is 61.6 Å². The first kappa shape index (κ1) is 29.1. The number of ether oxygens (including phenoxy) is 1. The molecule has 6 heteroatoms. The third-order valence-electron chi connectivity index (χ3n) is 12.9. The van der Waals surface area contributed by atoms with E-state index in [-0.39, 0.29) is 62.6 Å². The Bertz CT molecular complexity index is 1250. The van der Waals surface area contributed by atoms with Crippen molar-refractivity contribution in [2.45, 2.75) is 100 Å². The normalized spacial score (nSPS) is 43.0. The van der Waals surface area contributed by atoms with E-state index in [1.165, 1.54) is 0 Å². The molecule has 5 rings (SSSR count). The van der Waals surface area contributed by atoms with E-state index in [0.29, 0.717) is 13.2 Å². The number of nitrogens with one attached hydrogen (secondary N) is 1. The Hall–Kier alpha value is -2.42. The van der Waals surface area contributed by atoms with Crippen molar-refractivity contribution in [1.82, 2.24) is 5.32 Å². The molecule has 40 heavy (non-hydrogen) atoms. The lowest BCUT2D eigenvalue weighted by Crippen LogP contribution is -2.65. The third kappa shape index (κ3) is 3.82. The average molecular weight is 549 g/mol. The van der Waals surface area contributed by atoms with Crippen molar-refractivity contribution in [3.8, 4) is 6.07 Å². The number of fused-ring (bicyclic) bond motifs is 7. The first-order valence-electron chi connectivity index (χ1n) is 15.4. The second-order valence-corrected chi connectivity index (χ2v) is 15.7. The summed E-state index contributed by atoms with van der Waals surface area (Å²) in [5.41, 5.74) is -0.423. The number of amides is 1. The molecule has 6 nitrogen and oxygen atoms in total. The number of allylic oxidation sites excluding steroid dienone is 4. The predicted octanol–water partition coefficient (Wildman–Crippen LogP) is 6.95. The number of ketones is 2. The van der Waals surface area contributed by atoms with Crippen LogP contribution in [-0.2, 0) is 14.3 Å². The van der Waals surface area contributed by atoms with Crippen LogP contribution < -0.4 is 5.32 Å². The highest BCUT2D eigenvalue weighted by Gasteiger charge is 2.69. The molecule has 1 N–H and O–H groups in total. The minimum absolute atomic E-state index is 0.0404. The highest BCUT2D eigenvalue weighted by atomic mass is 16.5. The molecular formula is C34H48N2O4. The minimum atomic E-state index is -0.664. The summed E-state index contributed by atoms with van der Waals surface area (Å²) in [5, 5.41) is 12.7. The average Bonchev–Trinajstić information content (AvgIpc) is 2.87. The highest BCUT2D eigenvalue weighted by Crippen LogP contribution is 2.74. The smallest absolute Gasteiger partial charge is 0.407 e. The molecule has 7 atom stereocenters. The molecule has 3 saturated carbocycles. The molecule has 0 aromatic rings. The molecular weight excluding hydrogens is 500 g/mol. The van der Waals surface area contributed by atoms with Crippen molar-refractivity contribution in [2.24, 2.45) is 50.2 Å². The fraction of sp³-hybridized carbons (Fsp3) is 0.765. The Kier molecular flexibility index (Phi) is 6.57. The highest BCUT2D eigenvalue weighted by molar-refractivity contribution is 6.04. The summed E-state index contributed by atoms with van der Waals surface area (Å²) >= 11 is 0. The number of carbonyl (C=O) groups excluding carboxylic acids is 3. The first-order chi connectivity index (χ1) is 18.5. The zero-order chi connectivity index (χ0) is 29.5. The summed E-state index contributed by atoms with van der Waals surface area (Å²) in [6.45, 7) is 18.2. The lowest BCUT2D eigenvalue weighted by Gasteiger charge is -2.69. The predicted molar refractivity (Wildman–Crippen MR) is 154 cm³/mol. The number of nitriles is 1. The Balaban J connectivity index is 1.62. The van der Waals surface area contributed by atoms with E-state index >= 15 is 0 Å². The van der Waals surface area contributed by atoms with Crippen molar-refractivity contribution in [3.63, 3.8) is 0 Å². The lowest BCUT2D eigenvalue weighted by atomic mass is 9.34. The zero-order valence-electron chi connectivity index (χ0n) is 25.8. The molecule has 5 aliphatic carbocycles. The van der Waals surface area contributed by atoms with Gasteiger partial charge < -0.3 is 10.1 Å². The monoisotopic (exact) mass is 548 g/mol. The number of Topliss-reactive ketones (excluding diaryl/α,β-unsaturated/α-hetero) is 1. The largest absolute Gasteiger partial charge is 0.449 e. The van der Waals surface area contributed by atoms with Gasteiger partial charge in [-0.15, -0.1) is 0 Å². The van der Waals surface area contributed by atoms with Gasteiger partial charge in [-0.05, 0) is 86.0 Å². The lowest BCUT2D eigenvalue weighted by molar-refractivity contribution is -0.177. The zero-order valence-corrected chi connectivity index (χ0v) is 25.8. The van der Waals surface area contributed by atoms with E-state index in [4.69, 9.17) is 4.74 Å². The Labute approximate surface area is 240 Å². The van der Waals surface area contributed by atoms with Gasteiger partial charge in [0, 0.05) is 28.7 Å². The maximum atomic E-state index is 14.5. The van der Waals surface area contributed by atoms with Crippen LogP contribution in [0.5, 0.6) is 0 Å². The molecule has 2 unspecified atom stereocenters.